The maximum absolute atomic E-state index is 5.40. The van der Waals surface area contributed by atoms with Gasteiger partial charge in [-0.3, -0.25) is 0 Å². The Balaban J connectivity index is 1.54. The van der Waals surface area contributed by atoms with E-state index in [0.29, 0.717) is 11.5 Å². The van der Waals surface area contributed by atoms with E-state index in [-0.39, 0.29) is 0 Å². The van der Waals surface area contributed by atoms with Crippen LogP contribution in [-0.4, -0.2) is 28.8 Å². The minimum atomic E-state index is 0.683. The van der Waals surface area contributed by atoms with Crippen molar-refractivity contribution in [2.24, 2.45) is 0 Å². The van der Waals surface area contributed by atoms with Gasteiger partial charge in [0, 0.05) is 34.6 Å². The molecule has 0 amide bonds. The van der Waals surface area contributed by atoms with Crippen molar-refractivity contribution < 1.29 is 9.47 Å². The van der Waals surface area contributed by atoms with Crippen molar-refractivity contribution in [3.05, 3.63) is 65.6 Å². The summed E-state index contributed by atoms with van der Waals surface area (Å²) >= 11 is 1.57. The third-order valence-corrected chi connectivity index (χ3v) is 5.41. The van der Waals surface area contributed by atoms with Crippen molar-refractivity contribution in [3.63, 3.8) is 0 Å². The van der Waals surface area contributed by atoms with Crippen LogP contribution in [-0.2, 0) is 0 Å². The predicted octanol–water partition coefficient (Wildman–Crippen LogP) is 5.37. The first-order valence-electron chi connectivity index (χ1n) is 9.14. The molecule has 0 unspecified atom stereocenters. The molecule has 0 aliphatic heterocycles. The number of ether oxygens (including phenoxy) is 2. The summed E-state index contributed by atoms with van der Waals surface area (Å²) in [6.45, 7) is 4.00. The highest BCUT2D eigenvalue weighted by Gasteiger charge is 2.11. The van der Waals surface area contributed by atoms with Crippen LogP contribution in [0.2, 0.25) is 0 Å². The van der Waals surface area contributed by atoms with E-state index in [1.165, 1.54) is 0 Å². The van der Waals surface area contributed by atoms with Crippen molar-refractivity contribution in [2.75, 3.05) is 19.5 Å². The average Bonchev–Trinajstić information content (AvgIpc) is 3.38. The normalized spacial score (nSPS) is 10.8. The summed E-state index contributed by atoms with van der Waals surface area (Å²) in [5, 5.41) is 6.26. The van der Waals surface area contributed by atoms with Gasteiger partial charge in [-0.1, -0.05) is 12.1 Å². The number of methoxy groups -OCH3 is 2. The summed E-state index contributed by atoms with van der Waals surface area (Å²) < 4.78 is 12.8. The van der Waals surface area contributed by atoms with Crippen molar-refractivity contribution in [1.82, 2.24) is 14.5 Å². The van der Waals surface area contributed by atoms with Crippen LogP contribution in [0.1, 0.15) is 11.3 Å². The third-order valence-electron chi connectivity index (χ3n) is 4.65. The quantitative estimate of drug-likeness (QED) is 0.466. The first kappa shape index (κ1) is 19.0. The van der Waals surface area contributed by atoms with E-state index in [1.54, 1.807) is 25.6 Å². The summed E-state index contributed by atoms with van der Waals surface area (Å²) in [5.41, 5.74) is 6.07. The Morgan fingerprint density at radius 3 is 2.38 bits per heavy atom. The molecule has 0 fully saturated rings. The lowest BCUT2D eigenvalue weighted by Gasteiger charge is -2.13. The summed E-state index contributed by atoms with van der Waals surface area (Å²) in [6, 6.07) is 12.2. The fourth-order valence-electron chi connectivity index (χ4n) is 3.06. The molecule has 148 valence electrons. The molecule has 0 saturated heterocycles. The van der Waals surface area contributed by atoms with Crippen LogP contribution in [0.15, 0.2) is 54.3 Å². The molecule has 4 aromatic rings. The van der Waals surface area contributed by atoms with Gasteiger partial charge in [-0.15, -0.1) is 11.3 Å². The first-order chi connectivity index (χ1) is 14.1. The molecule has 0 spiro atoms. The Morgan fingerprint density at radius 2 is 1.72 bits per heavy atom. The highest BCUT2D eigenvalue weighted by atomic mass is 32.1. The second-order valence-corrected chi connectivity index (χ2v) is 7.51. The van der Waals surface area contributed by atoms with Gasteiger partial charge in [-0.2, -0.15) is 0 Å². The number of imidazole rings is 1. The van der Waals surface area contributed by atoms with Crippen molar-refractivity contribution in [1.29, 1.82) is 0 Å². The van der Waals surface area contributed by atoms with E-state index < -0.39 is 0 Å². The Hall–Kier alpha value is -3.32. The van der Waals surface area contributed by atoms with Crippen LogP contribution in [0.3, 0.4) is 0 Å². The fraction of sp³-hybridized carbons (Fsp3) is 0.182. The number of benzene rings is 2. The monoisotopic (exact) mass is 406 g/mol. The molecule has 0 bridgehead atoms. The topological polar surface area (TPSA) is 61.2 Å². The van der Waals surface area contributed by atoms with Crippen molar-refractivity contribution >= 4 is 22.2 Å². The number of anilines is 2. The smallest absolute Gasteiger partial charge is 0.187 e. The summed E-state index contributed by atoms with van der Waals surface area (Å²) in [5.74, 6) is 1.39. The number of rotatable bonds is 6. The Kier molecular flexibility index (Phi) is 5.22. The zero-order valence-corrected chi connectivity index (χ0v) is 17.6. The van der Waals surface area contributed by atoms with Gasteiger partial charge in [0.25, 0.3) is 0 Å². The number of hydrogen-bond donors (Lipinski definition) is 1. The van der Waals surface area contributed by atoms with Gasteiger partial charge in [-0.05, 0) is 37.6 Å². The van der Waals surface area contributed by atoms with Gasteiger partial charge in [0.15, 0.2) is 16.6 Å². The van der Waals surface area contributed by atoms with Gasteiger partial charge < -0.3 is 19.4 Å². The summed E-state index contributed by atoms with van der Waals surface area (Å²) in [7, 11) is 3.27. The van der Waals surface area contributed by atoms with E-state index in [4.69, 9.17) is 14.5 Å². The molecular formula is C22H22N4O2S. The standard InChI is InChI=1S/C22H22N4O2S/c1-14-9-20(27-3)21(28-4)10-18(14)24-22-25-19(12-29-22)16-5-7-17(8-6-16)26-11-15(2)23-13-26/h5-13H,1-4H3,(H,24,25). The minimum Gasteiger partial charge on any atom is -0.493 e. The van der Waals surface area contributed by atoms with Crippen molar-refractivity contribution in [2.45, 2.75) is 13.8 Å². The molecule has 4 rings (SSSR count). The maximum Gasteiger partial charge on any atom is 0.187 e. The average molecular weight is 407 g/mol. The van der Waals surface area contributed by atoms with E-state index in [1.807, 2.05) is 43.1 Å². The molecule has 0 saturated carbocycles. The molecule has 2 heterocycles. The van der Waals surface area contributed by atoms with E-state index in [2.05, 4.69) is 39.9 Å². The molecule has 1 N–H and O–H groups in total. The Labute approximate surface area is 173 Å². The molecule has 7 heteroatoms. The molecule has 2 aromatic heterocycles. The highest BCUT2D eigenvalue weighted by Crippen LogP contribution is 2.35. The van der Waals surface area contributed by atoms with Crippen LogP contribution in [0.25, 0.3) is 16.9 Å². The third kappa shape index (κ3) is 3.95. The van der Waals surface area contributed by atoms with Gasteiger partial charge in [0.2, 0.25) is 0 Å². The van der Waals surface area contributed by atoms with E-state index in [9.17, 15) is 0 Å². The maximum atomic E-state index is 5.40. The number of hydrogen-bond acceptors (Lipinski definition) is 6. The summed E-state index contributed by atoms with van der Waals surface area (Å²) in [6.07, 6.45) is 3.83. The Bertz CT molecular complexity index is 1130. The zero-order chi connectivity index (χ0) is 20.4. The molecule has 0 aliphatic rings. The number of nitrogens with zero attached hydrogens (tertiary/aromatic N) is 3. The summed E-state index contributed by atoms with van der Waals surface area (Å²) in [4.78, 5) is 9.01. The van der Waals surface area contributed by atoms with Crippen LogP contribution in [0.5, 0.6) is 11.5 Å². The molecule has 0 aliphatic carbocycles. The van der Waals surface area contributed by atoms with Gasteiger partial charge in [0.05, 0.1) is 31.9 Å². The van der Waals surface area contributed by atoms with Crippen LogP contribution in [0, 0.1) is 13.8 Å². The lowest BCUT2D eigenvalue weighted by molar-refractivity contribution is 0.355. The second-order valence-electron chi connectivity index (χ2n) is 6.65. The molecular weight excluding hydrogens is 384 g/mol. The van der Waals surface area contributed by atoms with Crippen molar-refractivity contribution in [3.8, 4) is 28.4 Å². The number of nitrogens with one attached hydrogen (secondary N) is 1. The first-order valence-corrected chi connectivity index (χ1v) is 10.0. The molecule has 0 radical (unpaired) electrons. The largest absolute Gasteiger partial charge is 0.493 e. The minimum absolute atomic E-state index is 0.683. The van der Waals surface area contributed by atoms with Crippen LogP contribution < -0.4 is 14.8 Å². The van der Waals surface area contributed by atoms with Crippen LogP contribution >= 0.6 is 11.3 Å². The van der Waals surface area contributed by atoms with Crippen LogP contribution in [0.4, 0.5) is 10.8 Å². The lowest BCUT2D eigenvalue weighted by atomic mass is 10.1. The SMILES string of the molecule is COc1cc(C)c(Nc2nc(-c3ccc(-n4cnc(C)c4)cc3)cs2)cc1OC. The predicted molar refractivity (Wildman–Crippen MR) is 117 cm³/mol. The zero-order valence-electron chi connectivity index (χ0n) is 16.8. The molecule has 0 atom stereocenters. The number of thiazole rings is 1. The van der Waals surface area contributed by atoms with Gasteiger partial charge >= 0.3 is 0 Å². The van der Waals surface area contributed by atoms with Gasteiger partial charge in [-0.25, -0.2) is 9.97 Å². The molecule has 6 nitrogen and oxygen atoms in total. The second kappa shape index (κ2) is 7.97. The molecule has 29 heavy (non-hydrogen) atoms. The molecule has 2 aromatic carbocycles. The van der Waals surface area contributed by atoms with Gasteiger partial charge in [0.1, 0.15) is 0 Å². The highest BCUT2D eigenvalue weighted by molar-refractivity contribution is 7.14. The van der Waals surface area contributed by atoms with E-state index >= 15 is 0 Å². The lowest BCUT2D eigenvalue weighted by Crippen LogP contribution is -1.97. The Morgan fingerprint density at radius 1 is 1.00 bits per heavy atom. The number of aromatic nitrogens is 3. The number of aryl methyl sites for hydroxylation is 2. The van der Waals surface area contributed by atoms with E-state index in [0.717, 1.165) is 39.0 Å². The fourth-order valence-corrected chi connectivity index (χ4v) is 3.79.